The summed E-state index contributed by atoms with van der Waals surface area (Å²) in [6.07, 6.45) is 5.09. The molecule has 4 aromatic heterocycles. The van der Waals surface area contributed by atoms with Gasteiger partial charge in [-0.25, -0.2) is 23.7 Å². The van der Waals surface area contributed by atoms with Crippen LogP contribution in [0.1, 0.15) is 12.0 Å². The summed E-state index contributed by atoms with van der Waals surface area (Å²) in [6, 6.07) is 9.17. The molecule has 5 aromatic rings. The van der Waals surface area contributed by atoms with Crippen LogP contribution in [0, 0.1) is 6.92 Å². The van der Waals surface area contributed by atoms with E-state index in [1.165, 1.54) is 19.6 Å². The maximum atomic E-state index is 14.9. The molecule has 1 saturated heterocycles. The number of likely N-dealkylation sites (tertiary alicyclic amines) is 1. The van der Waals surface area contributed by atoms with Gasteiger partial charge in [0.05, 0.1) is 30.8 Å². The van der Waals surface area contributed by atoms with Gasteiger partial charge in [-0.05, 0) is 43.8 Å². The Morgan fingerprint density at radius 1 is 1.12 bits per heavy atom. The number of methoxy groups -OCH3 is 1. The van der Waals surface area contributed by atoms with Gasteiger partial charge in [0.1, 0.15) is 30.0 Å². The summed E-state index contributed by atoms with van der Waals surface area (Å²) in [6.45, 7) is 1.99. The Hall–Kier alpha value is -4.65. The Bertz CT molecular complexity index is 1700. The van der Waals surface area contributed by atoms with Gasteiger partial charge in [-0.1, -0.05) is 0 Å². The number of nitrogens with zero attached hydrogens (tertiary/aromatic N) is 7. The Morgan fingerprint density at radius 3 is 2.80 bits per heavy atom. The van der Waals surface area contributed by atoms with Gasteiger partial charge in [0.25, 0.3) is 11.8 Å². The Kier molecular flexibility index (Phi) is 6.50. The first-order chi connectivity index (χ1) is 19.3. The Labute approximate surface area is 227 Å². The number of pyridine rings is 2. The van der Waals surface area contributed by atoms with Crippen LogP contribution in [0.15, 0.2) is 55.4 Å². The van der Waals surface area contributed by atoms with Gasteiger partial charge >= 0.3 is 0 Å². The fraction of sp³-hybridized carbons (Fsp3) is 0.296. The molecule has 40 heavy (non-hydrogen) atoms. The number of nitrogens with one attached hydrogen (secondary N) is 1. The quantitative estimate of drug-likeness (QED) is 0.309. The van der Waals surface area contributed by atoms with E-state index in [-0.39, 0.29) is 18.1 Å². The summed E-state index contributed by atoms with van der Waals surface area (Å²) in [5.74, 6) is -1.28. The predicted octanol–water partition coefficient (Wildman–Crippen LogP) is 4.64. The maximum Gasteiger partial charge on any atom is 0.296 e. The Balaban J connectivity index is 1.31. The van der Waals surface area contributed by atoms with Gasteiger partial charge in [0.15, 0.2) is 17.5 Å². The van der Waals surface area contributed by atoms with E-state index in [1.807, 2.05) is 37.4 Å². The third kappa shape index (κ3) is 4.91. The lowest BCUT2D eigenvalue weighted by Crippen LogP contribution is -2.52. The van der Waals surface area contributed by atoms with E-state index >= 15 is 0 Å². The summed E-state index contributed by atoms with van der Waals surface area (Å²) < 4.78 is 49.0. The molecule has 0 spiro atoms. The minimum absolute atomic E-state index is 0.0675. The molecule has 0 bridgehead atoms. The molecular formula is C27H26F2N8O3. The van der Waals surface area contributed by atoms with E-state index < -0.39 is 18.6 Å². The number of ether oxygens (including phenoxy) is 3. The summed E-state index contributed by atoms with van der Waals surface area (Å²) in [5, 5.41) is 11.6. The minimum Gasteiger partial charge on any atom is -0.478 e. The van der Waals surface area contributed by atoms with Crippen LogP contribution >= 0.6 is 0 Å². The molecule has 6 rings (SSSR count). The van der Waals surface area contributed by atoms with Gasteiger partial charge in [0, 0.05) is 30.9 Å². The van der Waals surface area contributed by atoms with Gasteiger partial charge in [0.2, 0.25) is 0 Å². The molecule has 206 valence electrons. The Morgan fingerprint density at radius 2 is 2.00 bits per heavy atom. The van der Waals surface area contributed by atoms with Crippen molar-refractivity contribution in [1.82, 2.24) is 34.4 Å². The monoisotopic (exact) mass is 548 g/mol. The van der Waals surface area contributed by atoms with E-state index in [9.17, 15) is 8.78 Å². The van der Waals surface area contributed by atoms with E-state index in [0.29, 0.717) is 46.1 Å². The first-order valence-corrected chi connectivity index (χ1v) is 12.6. The number of benzene rings is 1. The molecule has 0 saturated carbocycles. The summed E-state index contributed by atoms with van der Waals surface area (Å²) >= 11 is 0. The highest BCUT2D eigenvalue weighted by molar-refractivity contribution is 5.96. The van der Waals surface area contributed by atoms with Crippen molar-refractivity contribution in [1.29, 1.82) is 0 Å². The van der Waals surface area contributed by atoms with Gasteiger partial charge in [-0.2, -0.15) is 0 Å². The van der Waals surface area contributed by atoms with Crippen LogP contribution in [-0.4, -0.2) is 73.7 Å². The summed E-state index contributed by atoms with van der Waals surface area (Å²) in [4.78, 5) is 14.5. The van der Waals surface area contributed by atoms with E-state index in [0.717, 1.165) is 5.56 Å². The van der Waals surface area contributed by atoms with Crippen LogP contribution in [0.4, 0.5) is 20.3 Å². The van der Waals surface area contributed by atoms with Crippen molar-refractivity contribution < 1.29 is 23.0 Å². The lowest BCUT2D eigenvalue weighted by atomic mass is 10.0. The molecule has 13 heteroatoms. The van der Waals surface area contributed by atoms with Crippen LogP contribution in [0.25, 0.3) is 16.6 Å². The zero-order valence-corrected chi connectivity index (χ0v) is 22.0. The zero-order chi connectivity index (χ0) is 27.9. The molecule has 1 aromatic carbocycles. The molecule has 0 aliphatic carbocycles. The number of piperidine rings is 1. The highest BCUT2D eigenvalue weighted by Crippen LogP contribution is 2.41. The topological polar surface area (TPSA) is 112 Å². The van der Waals surface area contributed by atoms with Gasteiger partial charge in [-0.15, -0.1) is 10.2 Å². The fourth-order valence-corrected chi connectivity index (χ4v) is 4.70. The predicted molar refractivity (Wildman–Crippen MR) is 143 cm³/mol. The lowest BCUT2D eigenvalue weighted by molar-refractivity contribution is -0.135. The number of hydrogen-bond acceptors (Lipinski definition) is 10. The average Bonchev–Trinajstić information content (AvgIpc) is 3.39. The van der Waals surface area contributed by atoms with E-state index in [1.54, 1.807) is 28.7 Å². The normalized spacial score (nSPS) is 17.2. The zero-order valence-electron chi connectivity index (χ0n) is 22.0. The summed E-state index contributed by atoms with van der Waals surface area (Å²) in [5.41, 5.74) is 2.64. The number of fused-ring (bicyclic) bond motifs is 2. The first kappa shape index (κ1) is 25.6. The second-order valence-electron chi connectivity index (χ2n) is 9.64. The lowest BCUT2D eigenvalue weighted by Gasteiger charge is -2.36. The van der Waals surface area contributed by atoms with Crippen molar-refractivity contribution in [3.63, 3.8) is 0 Å². The van der Waals surface area contributed by atoms with Crippen LogP contribution in [0.3, 0.4) is 0 Å². The molecule has 1 aliphatic heterocycles. The number of aryl methyl sites for hydroxylation is 1. The first-order valence-electron chi connectivity index (χ1n) is 12.6. The average molecular weight is 549 g/mol. The second-order valence-corrected chi connectivity index (χ2v) is 9.64. The van der Waals surface area contributed by atoms with Gasteiger partial charge in [-0.3, -0.25) is 4.40 Å². The summed E-state index contributed by atoms with van der Waals surface area (Å²) in [7, 11) is 3.07. The number of halogens is 2. The largest absolute Gasteiger partial charge is 0.478 e. The molecule has 1 atom stereocenters. The van der Waals surface area contributed by atoms with Crippen molar-refractivity contribution in [2.24, 2.45) is 0 Å². The number of aromatic nitrogens is 6. The molecule has 0 radical (unpaired) electrons. The van der Waals surface area contributed by atoms with Gasteiger partial charge < -0.3 is 24.4 Å². The van der Waals surface area contributed by atoms with Crippen LogP contribution in [0.5, 0.6) is 23.1 Å². The van der Waals surface area contributed by atoms with Crippen molar-refractivity contribution in [3.8, 4) is 23.1 Å². The van der Waals surface area contributed by atoms with Crippen LogP contribution < -0.4 is 19.5 Å². The molecule has 1 N–H and O–H groups in total. The molecule has 11 nitrogen and oxygen atoms in total. The molecule has 0 amide bonds. The van der Waals surface area contributed by atoms with Crippen molar-refractivity contribution in [2.75, 3.05) is 32.6 Å². The van der Waals surface area contributed by atoms with E-state index in [2.05, 4.69) is 30.5 Å². The minimum atomic E-state index is -3.06. The molecular weight excluding hydrogens is 522 g/mol. The smallest absolute Gasteiger partial charge is 0.296 e. The number of hydrogen-bond donors (Lipinski definition) is 1. The highest BCUT2D eigenvalue weighted by Gasteiger charge is 2.46. The molecule has 1 aliphatic rings. The van der Waals surface area contributed by atoms with Crippen molar-refractivity contribution in [3.05, 3.63) is 60.9 Å². The third-order valence-electron chi connectivity index (χ3n) is 6.72. The fourth-order valence-electron chi connectivity index (χ4n) is 4.70. The third-order valence-corrected chi connectivity index (χ3v) is 6.72. The van der Waals surface area contributed by atoms with E-state index in [4.69, 9.17) is 14.2 Å². The molecule has 5 heterocycles. The number of alkyl halides is 2. The second kappa shape index (κ2) is 10.2. The highest BCUT2D eigenvalue weighted by atomic mass is 19.3. The maximum absolute atomic E-state index is 14.9. The number of anilines is 2. The molecule has 0 unspecified atom stereocenters. The van der Waals surface area contributed by atoms with Crippen LogP contribution in [0.2, 0.25) is 0 Å². The standard InChI is InChI=1S/C27H26F2N8O3/c1-16-10-17(4-5-20(16)39-18-6-9-37-15-33-35-22(37)11-18)34-25-23-19(31-14-32-25)12-30-26(38-3)24(23)40-21-7-8-36(2)13-27(21,28)29/h4-6,9-12,14-15,21H,7-8,13H2,1-3H3,(H,31,32,34)/t21-/m1/s1. The van der Waals surface area contributed by atoms with Crippen LogP contribution in [-0.2, 0) is 0 Å². The molecule has 1 fully saturated rings. The van der Waals surface area contributed by atoms with Crippen molar-refractivity contribution in [2.45, 2.75) is 25.4 Å². The number of rotatable bonds is 7. The SMILES string of the molecule is COc1ncc2ncnc(Nc3ccc(Oc4ccn5cnnc5c4)c(C)c3)c2c1O[C@@H]1CCN(C)CC1(F)F. The van der Waals surface area contributed by atoms with Crippen molar-refractivity contribution >= 4 is 28.1 Å².